The van der Waals surface area contributed by atoms with Crippen LogP contribution in [0.5, 0.6) is 0 Å². The summed E-state index contributed by atoms with van der Waals surface area (Å²) >= 11 is 0. The number of nitrogens with zero attached hydrogens (tertiary/aromatic N) is 1. The number of sulfonamides is 1. The molecule has 2 aromatic rings. The molecule has 1 amide bonds. The van der Waals surface area contributed by atoms with Crippen LogP contribution >= 0.6 is 0 Å². The zero-order valence-electron chi connectivity index (χ0n) is 17.1. The number of benzene rings is 2. The van der Waals surface area contributed by atoms with E-state index in [0.717, 1.165) is 36.8 Å². The minimum atomic E-state index is -3.48. The van der Waals surface area contributed by atoms with Crippen molar-refractivity contribution < 1.29 is 17.6 Å². The van der Waals surface area contributed by atoms with Gasteiger partial charge in [-0.1, -0.05) is 37.1 Å². The van der Waals surface area contributed by atoms with E-state index in [-0.39, 0.29) is 22.7 Å². The molecule has 5 nitrogen and oxygen atoms in total. The van der Waals surface area contributed by atoms with E-state index in [1.54, 1.807) is 46.8 Å². The molecular weight excluding hydrogens is 403 g/mol. The molecule has 0 radical (unpaired) electrons. The summed E-state index contributed by atoms with van der Waals surface area (Å²) in [7, 11) is -3.48. The van der Waals surface area contributed by atoms with E-state index < -0.39 is 10.0 Å². The molecule has 1 atom stereocenters. The van der Waals surface area contributed by atoms with Crippen molar-refractivity contribution in [3.63, 3.8) is 0 Å². The predicted molar refractivity (Wildman–Crippen MR) is 116 cm³/mol. The van der Waals surface area contributed by atoms with Crippen molar-refractivity contribution in [2.75, 3.05) is 13.1 Å². The Balaban J connectivity index is 1.61. The molecule has 160 valence electrons. The zero-order chi connectivity index (χ0) is 21.6. The van der Waals surface area contributed by atoms with Crippen LogP contribution < -0.4 is 5.32 Å². The average molecular weight is 431 g/mol. The van der Waals surface area contributed by atoms with Crippen LogP contribution in [0.15, 0.2) is 59.5 Å². The number of amides is 1. The maximum atomic E-state index is 13.0. The molecular formula is C23H27FN2O3S. The van der Waals surface area contributed by atoms with Gasteiger partial charge in [0.2, 0.25) is 15.9 Å². The van der Waals surface area contributed by atoms with E-state index in [1.807, 2.05) is 6.92 Å². The number of carbonyl (C=O) groups is 1. The van der Waals surface area contributed by atoms with Gasteiger partial charge in [-0.2, -0.15) is 4.31 Å². The summed E-state index contributed by atoms with van der Waals surface area (Å²) < 4.78 is 40.2. The molecule has 0 bridgehead atoms. The zero-order valence-corrected chi connectivity index (χ0v) is 17.9. The molecule has 1 aliphatic rings. The molecule has 1 aliphatic heterocycles. The highest BCUT2D eigenvalue weighted by atomic mass is 32.2. The lowest BCUT2D eigenvalue weighted by Gasteiger charge is -2.19. The third-order valence-electron chi connectivity index (χ3n) is 5.24. The van der Waals surface area contributed by atoms with Crippen LogP contribution in [-0.2, 0) is 14.8 Å². The highest BCUT2D eigenvalue weighted by molar-refractivity contribution is 7.89. The molecule has 0 unspecified atom stereocenters. The minimum absolute atomic E-state index is 0.260. The Bertz CT molecular complexity index is 978. The lowest BCUT2D eigenvalue weighted by atomic mass is 10.1. The van der Waals surface area contributed by atoms with Gasteiger partial charge in [0.25, 0.3) is 0 Å². The van der Waals surface area contributed by atoms with Gasteiger partial charge in [0, 0.05) is 19.2 Å². The van der Waals surface area contributed by atoms with Crippen molar-refractivity contribution in [1.82, 2.24) is 9.62 Å². The molecule has 3 rings (SSSR count). The Morgan fingerprint density at radius 3 is 2.20 bits per heavy atom. The first-order valence-electron chi connectivity index (χ1n) is 10.2. The fraction of sp³-hybridized carbons (Fsp3) is 0.348. The minimum Gasteiger partial charge on any atom is -0.346 e. The van der Waals surface area contributed by atoms with E-state index >= 15 is 0 Å². The predicted octanol–water partition coefficient (Wildman–Crippen LogP) is 4.28. The number of hydrogen-bond acceptors (Lipinski definition) is 3. The molecule has 0 saturated carbocycles. The Kier molecular flexibility index (Phi) is 7.39. The van der Waals surface area contributed by atoms with Crippen molar-refractivity contribution >= 4 is 22.0 Å². The van der Waals surface area contributed by atoms with Crippen molar-refractivity contribution in [3.8, 4) is 0 Å². The van der Waals surface area contributed by atoms with Crippen molar-refractivity contribution in [2.45, 2.75) is 43.5 Å². The van der Waals surface area contributed by atoms with Crippen LogP contribution in [0.25, 0.3) is 6.08 Å². The number of hydrogen-bond donors (Lipinski definition) is 1. The van der Waals surface area contributed by atoms with E-state index in [9.17, 15) is 17.6 Å². The van der Waals surface area contributed by atoms with E-state index in [2.05, 4.69) is 5.32 Å². The first-order valence-corrected chi connectivity index (χ1v) is 11.6. The monoisotopic (exact) mass is 430 g/mol. The number of rotatable bonds is 6. The van der Waals surface area contributed by atoms with Gasteiger partial charge in [0.1, 0.15) is 5.82 Å². The molecule has 7 heteroatoms. The SMILES string of the molecule is C[C@H](NC(=O)/C=C\c1ccc(S(=O)(=O)N2CCCCCC2)cc1)c1ccc(F)cc1. The van der Waals surface area contributed by atoms with Crippen LogP contribution in [0.2, 0.25) is 0 Å². The van der Waals surface area contributed by atoms with Gasteiger partial charge in [0.05, 0.1) is 10.9 Å². The Hall–Kier alpha value is -2.51. The van der Waals surface area contributed by atoms with Gasteiger partial charge >= 0.3 is 0 Å². The standard InChI is InChI=1S/C23H27FN2O3S/c1-18(20-9-11-21(24)12-10-20)25-23(27)15-8-19-6-13-22(14-7-19)30(28,29)26-16-4-2-3-5-17-26/h6-15,18H,2-5,16-17H2,1H3,(H,25,27)/b15-8-/t18-/m0/s1. The summed E-state index contributed by atoms with van der Waals surface area (Å²) in [5, 5.41) is 2.82. The van der Waals surface area contributed by atoms with Crippen LogP contribution in [0.4, 0.5) is 4.39 Å². The summed E-state index contributed by atoms with van der Waals surface area (Å²) in [6, 6.07) is 12.3. The second-order valence-corrected chi connectivity index (χ2v) is 9.44. The van der Waals surface area contributed by atoms with Crippen LogP contribution in [0, 0.1) is 5.82 Å². The molecule has 30 heavy (non-hydrogen) atoms. The molecule has 0 spiro atoms. The van der Waals surface area contributed by atoms with Gasteiger partial charge in [-0.3, -0.25) is 4.79 Å². The molecule has 0 aliphatic carbocycles. The lowest BCUT2D eigenvalue weighted by Crippen LogP contribution is -2.31. The largest absolute Gasteiger partial charge is 0.346 e. The van der Waals surface area contributed by atoms with Gasteiger partial charge in [-0.25, -0.2) is 12.8 Å². The summed E-state index contributed by atoms with van der Waals surface area (Å²) in [4.78, 5) is 12.4. The van der Waals surface area contributed by atoms with Gasteiger partial charge < -0.3 is 5.32 Å². The van der Waals surface area contributed by atoms with Crippen molar-refractivity contribution in [2.24, 2.45) is 0 Å². The van der Waals surface area contributed by atoms with E-state index in [4.69, 9.17) is 0 Å². The quantitative estimate of drug-likeness (QED) is 0.696. The molecule has 1 saturated heterocycles. The smallest absolute Gasteiger partial charge is 0.244 e. The normalized spacial score (nSPS) is 16.9. The van der Waals surface area contributed by atoms with Crippen LogP contribution in [-0.4, -0.2) is 31.7 Å². The second kappa shape index (κ2) is 10.00. The summed E-state index contributed by atoms with van der Waals surface area (Å²) in [5.41, 5.74) is 1.54. The Morgan fingerprint density at radius 2 is 1.60 bits per heavy atom. The second-order valence-electron chi connectivity index (χ2n) is 7.50. The fourth-order valence-corrected chi connectivity index (χ4v) is 4.97. The van der Waals surface area contributed by atoms with Gasteiger partial charge in [-0.05, 0) is 61.2 Å². The summed E-state index contributed by atoms with van der Waals surface area (Å²) in [6.07, 6.45) is 6.96. The Morgan fingerprint density at radius 1 is 1.00 bits per heavy atom. The van der Waals surface area contributed by atoms with E-state index in [0.29, 0.717) is 13.1 Å². The molecule has 1 fully saturated rings. The van der Waals surface area contributed by atoms with Crippen LogP contribution in [0.1, 0.15) is 49.8 Å². The maximum absolute atomic E-state index is 13.0. The van der Waals surface area contributed by atoms with Gasteiger partial charge in [0.15, 0.2) is 0 Å². The fourth-order valence-electron chi connectivity index (χ4n) is 3.45. The van der Waals surface area contributed by atoms with Crippen molar-refractivity contribution in [1.29, 1.82) is 0 Å². The molecule has 2 aromatic carbocycles. The topological polar surface area (TPSA) is 66.5 Å². The average Bonchev–Trinajstić information content (AvgIpc) is 3.03. The molecule has 0 aromatic heterocycles. The van der Waals surface area contributed by atoms with Crippen LogP contribution in [0.3, 0.4) is 0 Å². The lowest BCUT2D eigenvalue weighted by molar-refractivity contribution is -0.117. The third kappa shape index (κ3) is 5.77. The van der Waals surface area contributed by atoms with E-state index in [1.165, 1.54) is 18.2 Å². The maximum Gasteiger partial charge on any atom is 0.244 e. The first kappa shape index (κ1) is 22.2. The molecule has 1 heterocycles. The Labute approximate surface area is 177 Å². The summed E-state index contributed by atoms with van der Waals surface area (Å²) in [6.45, 7) is 2.95. The number of halogens is 1. The number of nitrogens with one attached hydrogen (secondary N) is 1. The number of carbonyl (C=O) groups excluding carboxylic acids is 1. The highest BCUT2D eigenvalue weighted by Gasteiger charge is 2.24. The third-order valence-corrected chi connectivity index (χ3v) is 7.15. The highest BCUT2D eigenvalue weighted by Crippen LogP contribution is 2.21. The van der Waals surface area contributed by atoms with Crippen molar-refractivity contribution in [3.05, 3.63) is 71.6 Å². The molecule has 1 N–H and O–H groups in total. The summed E-state index contributed by atoms with van der Waals surface area (Å²) in [5.74, 6) is -0.605. The first-order chi connectivity index (χ1) is 14.4. The van der Waals surface area contributed by atoms with Gasteiger partial charge in [-0.15, -0.1) is 0 Å².